The molecule has 21 heavy (non-hydrogen) atoms. The summed E-state index contributed by atoms with van der Waals surface area (Å²) in [5.41, 5.74) is 2.14. The van der Waals surface area contributed by atoms with Gasteiger partial charge in [0.25, 0.3) is 0 Å². The maximum Gasteiger partial charge on any atom is 0.239 e. The average Bonchev–Trinajstić information content (AvgIpc) is 2.36. The Hall–Kier alpha value is -2.46. The summed E-state index contributed by atoms with van der Waals surface area (Å²) in [6.07, 6.45) is 0. The van der Waals surface area contributed by atoms with Gasteiger partial charge in [-0.2, -0.15) is 5.26 Å². The van der Waals surface area contributed by atoms with E-state index in [1.165, 1.54) is 0 Å². The number of benzene rings is 1. The van der Waals surface area contributed by atoms with E-state index in [0.29, 0.717) is 22.5 Å². The predicted octanol–water partition coefficient (Wildman–Crippen LogP) is 1.91. The van der Waals surface area contributed by atoms with Crippen LogP contribution >= 0.6 is 0 Å². The quantitative estimate of drug-likeness (QED) is 0.930. The number of aromatic nitrogens is 2. The van der Waals surface area contributed by atoms with Crippen LogP contribution in [0.4, 0.5) is 5.95 Å². The fourth-order valence-corrected chi connectivity index (χ4v) is 3.01. The molecule has 0 atom stereocenters. The van der Waals surface area contributed by atoms with Crippen molar-refractivity contribution in [2.24, 2.45) is 0 Å². The number of hydrogen-bond donors (Lipinski definition) is 1. The molecule has 0 radical (unpaired) electrons. The first-order valence-electron chi connectivity index (χ1n) is 6.20. The average molecular weight is 302 g/mol. The first-order valence-corrected chi connectivity index (χ1v) is 7.85. The molecular weight excluding hydrogens is 288 g/mol. The van der Waals surface area contributed by atoms with Crippen molar-refractivity contribution >= 4 is 16.0 Å². The van der Waals surface area contributed by atoms with Crippen molar-refractivity contribution in [1.82, 2.24) is 9.97 Å². The zero-order valence-corrected chi connectivity index (χ0v) is 12.5. The van der Waals surface area contributed by atoms with Crippen LogP contribution in [0, 0.1) is 25.2 Å². The largest absolute Gasteiger partial charge is 0.251 e. The topological polar surface area (TPSA) is 95.7 Å². The number of nitriles is 1. The van der Waals surface area contributed by atoms with Gasteiger partial charge in [-0.1, -0.05) is 18.2 Å². The fourth-order valence-electron chi connectivity index (χ4n) is 1.91. The Balaban J connectivity index is 2.25. The highest BCUT2D eigenvalue weighted by atomic mass is 32.2. The summed E-state index contributed by atoms with van der Waals surface area (Å²) in [4.78, 5) is 8.07. The number of hydrogen-bond acceptors (Lipinski definition) is 5. The summed E-state index contributed by atoms with van der Waals surface area (Å²) in [7, 11) is -3.68. The summed E-state index contributed by atoms with van der Waals surface area (Å²) in [5, 5.41) is 8.99. The van der Waals surface area contributed by atoms with Crippen molar-refractivity contribution in [2.75, 3.05) is 4.72 Å². The van der Waals surface area contributed by atoms with Gasteiger partial charge in [0, 0.05) is 11.4 Å². The molecular formula is C14H14N4O2S. The molecule has 0 amide bonds. The van der Waals surface area contributed by atoms with Crippen molar-refractivity contribution in [3.63, 3.8) is 0 Å². The molecule has 0 bridgehead atoms. The lowest BCUT2D eigenvalue weighted by atomic mass is 10.1. The predicted molar refractivity (Wildman–Crippen MR) is 78.9 cm³/mol. The van der Waals surface area contributed by atoms with Gasteiger partial charge in [0.1, 0.15) is 0 Å². The van der Waals surface area contributed by atoms with Gasteiger partial charge in [0.2, 0.25) is 16.0 Å². The van der Waals surface area contributed by atoms with Gasteiger partial charge >= 0.3 is 0 Å². The maximum atomic E-state index is 12.2. The molecule has 0 saturated carbocycles. The second kappa shape index (κ2) is 5.89. The lowest BCUT2D eigenvalue weighted by Gasteiger charge is -2.08. The number of rotatable bonds is 4. The lowest BCUT2D eigenvalue weighted by Crippen LogP contribution is -2.18. The third kappa shape index (κ3) is 4.00. The Morgan fingerprint density at radius 1 is 1.19 bits per heavy atom. The standard InChI is InChI=1S/C14H14N4O2S/c1-10-7-11(2)17-14(16-10)18-21(19,20)9-13-6-4-3-5-12(13)8-15/h3-7H,9H2,1-2H3,(H,16,17,18). The Morgan fingerprint density at radius 2 is 1.81 bits per heavy atom. The van der Waals surface area contributed by atoms with Crippen molar-refractivity contribution in [1.29, 1.82) is 5.26 Å². The molecule has 2 rings (SSSR count). The molecule has 0 saturated heterocycles. The Bertz CT molecular complexity index is 790. The molecule has 0 aliphatic rings. The summed E-state index contributed by atoms with van der Waals surface area (Å²) in [5.74, 6) is -0.255. The summed E-state index contributed by atoms with van der Waals surface area (Å²) >= 11 is 0. The Morgan fingerprint density at radius 3 is 2.43 bits per heavy atom. The number of nitrogens with zero attached hydrogens (tertiary/aromatic N) is 3. The highest BCUT2D eigenvalue weighted by Gasteiger charge is 2.16. The first-order chi connectivity index (χ1) is 9.89. The van der Waals surface area contributed by atoms with E-state index < -0.39 is 10.0 Å². The smallest absolute Gasteiger partial charge is 0.239 e. The van der Waals surface area contributed by atoms with Gasteiger partial charge in [0.05, 0.1) is 17.4 Å². The molecule has 1 N–H and O–H groups in total. The molecule has 0 aliphatic carbocycles. The molecule has 0 fully saturated rings. The van der Waals surface area contributed by atoms with Crippen molar-refractivity contribution in [2.45, 2.75) is 19.6 Å². The van der Waals surface area contributed by atoms with Crippen LogP contribution in [0.25, 0.3) is 0 Å². The zero-order valence-electron chi connectivity index (χ0n) is 11.7. The monoisotopic (exact) mass is 302 g/mol. The normalized spacial score (nSPS) is 10.9. The summed E-state index contributed by atoms with van der Waals surface area (Å²) in [6.45, 7) is 3.52. The minimum atomic E-state index is -3.68. The van der Waals surface area contributed by atoms with E-state index in [9.17, 15) is 8.42 Å². The van der Waals surface area contributed by atoms with Crippen LogP contribution in [0.15, 0.2) is 30.3 Å². The van der Waals surface area contributed by atoms with E-state index in [1.807, 2.05) is 6.07 Å². The molecule has 0 aliphatic heterocycles. The SMILES string of the molecule is Cc1cc(C)nc(NS(=O)(=O)Cc2ccccc2C#N)n1. The van der Waals surface area contributed by atoms with Gasteiger partial charge in [-0.05, 0) is 31.5 Å². The third-order valence-electron chi connectivity index (χ3n) is 2.71. The lowest BCUT2D eigenvalue weighted by molar-refractivity contribution is 0.600. The molecule has 1 aromatic heterocycles. The van der Waals surface area contributed by atoms with Crippen molar-refractivity contribution in [3.8, 4) is 6.07 Å². The van der Waals surface area contributed by atoms with Crippen LogP contribution in [0.1, 0.15) is 22.5 Å². The summed E-state index contributed by atoms with van der Waals surface area (Å²) in [6, 6.07) is 10.3. The molecule has 0 spiro atoms. The van der Waals surface area contributed by atoms with E-state index in [0.717, 1.165) is 0 Å². The first kappa shape index (κ1) is 14.9. The van der Waals surface area contributed by atoms with Crippen molar-refractivity contribution < 1.29 is 8.42 Å². The second-order valence-corrected chi connectivity index (χ2v) is 6.33. The molecule has 1 heterocycles. The zero-order chi connectivity index (χ0) is 15.5. The number of aryl methyl sites for hydroxylation is 2. The molecule has 1 aromatic carbocycles. The highest BCUT2D eigenvalue weighted by Crippen LogP contribution is 2.13. The van der Waals surface area contributed by atoms with Crippen LogP contribution in [0.2, 0.25) is 0 Å². The van der Waals surface area contributed by atoms with Gasteiger partial charge < -0.3 is 0 Å². The molecule has 108 valence electrons. The number of anilines is 1. The van der Waals surface area contributed by atoms with E-state index in [-0.39, 0.29) is 11.7 Å². The second-order valence-electron chi connectivity index (χ2n) is 4.60. The number of sulfonamides is 1. The van der Waals surface area contributed by atoms with Gasteiger partial charge in [-0.3, -0.25) is 4.72 Å². The third-order valence-corrected chi connectivity index (χ3v) is 3.90. The fraction of sp³-hybridized carbons (Fsp3) is 0.214. The van der Waals surface area contributed by atoms with E-state index in [1.54, 1.807) is 44.2 Å². The molecule has 2 aromatic rings. The Labute approximate surface area is 123 Å². The number of nitrogens with one attached hydrogen (secondary N) is 1. The summed E-state index contributed by atoms with van der Waals surface area (Å²) < 4.78 is 26.7. The van der Waals surface area contributed by atoms with Gasteiger partial charge in [-0.25, -0.2) is 18.4 Å². The molecule has 0 unspecified atom stereocenters. The van der Waals surface area contributed by atoms with Crippen LogP contribution in [0.5, 0.6) is 0 Å². The van der Waals surface area contributed by atoms with Crippen LogP contribution in [0.3, 0.4) is 0 Å². The Kier molecular flexibility index (Phi) is 4.19. The van der Waals surface area contributed by atoms with Crippen LogP contribution in [-0.4, -0.2) is 18.4 Å². The maximum absolute atomic E-state index is 12.2. The minimum Gasteiger partial charge on any atom is -0.251 e. The van der Waals surface area contributed by atoms with Gasteiger partial charge in [-0.15, -0.1) is 0 Å². The van der Waals surface area contributed by atoms with E-state index in [2.05, 4.69) is 14.7 Å². The molecule has 7 heteroatoms. The van der Waals surface area contributed by atoms with Crippen molar-refractivity contribution in [3.05, 3.63) is 52.8 Å². The molecule has 6 nitrogen and oxygen atoms in total. The van der Waals surface area contributed by atoms with Crippen LogP contribution < -0.4 is 4.72 Å². The van der Waals surface area contributed by atoms with E-state index >= 15 is 0 Å². The van der Waals surface area contributed by atoms with Crippen LogP contribution in [-0.2, 0) is 15.8 Å². The van der Waals surface area contributed by atoms with Gasteiger partial charge in [0.15, 0.2) is 0 Å². The van der Waals surface area contributed by atoms with E-state index in [4.69, 9.17) is 5.26 Å². The minimum absolute atomic E-state index is 0.0435. The highest BCUT2D eigenvalue weighted by molar-refractivity contribution is 7.91.